The number of benzene rings is 1. The molecule has 1 aromatic carbocycles. The number of nitrogens with one attached hydrogen (secondary N) is 1. The Labute approximate surface area is 157 Å². The van der Waals surface area contributed by atoms with Crippen molar-refractivity contribution in [1.82, 2.24) is 10.2 Å². The molecule has 7 heteroatoms. The zero-order valence-electron chi connectivity index (χ0n) is 15.4. The maximum absolute atomic E-state index is 12.5. The maximum atomic E-state index is 12.5. The molecule has 0 aliphatic carbocycles. The summed E-state index contributed by atoms with van der Waals surface area (Å²) in [7, 11) is 0. The van der Waals surface area contributed by atoms with Gasteiger partial charge in [0.1, 0.15) is 5.01 Å². The Morgan fingerprint density at radius 3 is 2.77 bits per heavy atom. The third-order valence-corrected chi connectivity index (χ3v) is 5.73. The van der Waals surface area contributed by atoms with E-state index in [1.807, 2.05) is 31.2 Å². The molecule has 6 nitrogen and oxygen atoms in total. The van der Waals surface area contributed by atoms with Gasteiger partial charge in [-0.3, -0.25) is 9.59 Å². The molecule has 2 heterocycles. The van der Waals surface area contributed by atoms with Gasteiger partial charge in [-0.2, -0.15) is 0 Å². The third kappa shape index (κ3) is 4.09. The topological polar surface area (TPSA) is 75.2 Å². The van der Waals surface area contributed by atoms with Crippen molar-refractivity contribution in [3.8, 4) is 0 Å². The molecule has 0 spiro atoms. The SMILES string of the molecule is CCC[C@H](C)c1nnc(NC(=O)[C@@H]2CC(=O)N(c3ccc(C)cc3)C2)s1. The fourth-order valence-corrected chi connectivity index (χ4v) is 3.94. The Hall–Kier alpha value is -2.28. The zero-order chi connectivity index (χ0) is 18.7. The van der Waals surface area contributed by atoms with E-state index in [-0.39, 0.29) is 24.2 Å². The largest absolute Gasteiger partial charge is 0.312 e. The lowest BCUT2D eigenvalue weighted by atomic mass is 10.1. The Kier molecular flexibility index (Phi) is 5.66. The predicted octanol–water partition coefficient (Wildman–Crippen LogP) is 3.74. The lowest BCUT2D eigenvalue weighted by Crippen LogP contribution is -2.28. The van der Waals surface area contributed by atoms with Crippen LogP contribution in [0.15, 0.2) is 24.3 Å². The summed E-state index contributed by atoms with van der Waals surface area (Å²) >= 11 is 1.41. The second-order valence-electron chi connectivity index (χ2n) is 6.87. The van der Waals surface area contributed by atoms with E-state index in [9.17, 15) is 9.59 Å². The van der Waals surface area contributed by atoms with Crippen molar-refractivity contribution >= 4 is 34.0 Å². The first kappa shape index (κ1) is 18.5. The number of hydrogen-bond acceptors (Lipinski definition) is 5. The van der Waals surface area contributed by atoms with Crippen molar-refractivity contribution in [1.29, 1.82) is 0 Å². The number of aromatic nitrogens is 2. The fourth-order valence-electron chi connectivity index (χ4n) is 3.11. The van der Waals surface area contributed by atoms with Gasteiger partial charge in [0.05, 0.1) is 5.92 Å². The van der Waals surface area contributed by atoms with Crippen LogP contribution >= 0.6 is 11.3 Å². The van der Waals surface area contributed by atoms with Crippen LogP contribution in [0.4, 0.5) is 10.8 Å². The number of rotatable bonds is 6. The molecular weight excluding hydrogens is 348 g/mol. The van der Waals surface area contributed by atoms with Crippen molar-refractivity contribution in [2.75, 3.05) is 16.8 Å². The highest BCUT2D eigenvalue weighted by molar-refractivity contribution is 7.15. The number of nitrogens with zero attached hydrogens (tertiary/aromatic N) is 3. The van der Waals surface area contributed by atoms with Gasteiger partial charge in [-0.1, -0.05) is 49.3 Å². The van der Waals surface area contributed by atoms with Crippen molar-refractivity contribution in [2.45, 2.75) is 46.0 Å². The predicted molar refractivity (Wildman–Crippen MR) is 104 cm³/mol. The van der Waals surface area contributed by atoms with Gasteiger partial charge in [0.25, 0.3) is 0 Å². The van der Waals surface area contributed by atoms with Crippen molar-refractivity contribution in [2.24, 2.45) is 5.92 Å². The Morgan fingerprint density at radius 2 is 2.08 bits per heavy atom. The van der Waals surface area contributed by atoms with Crippen LogP contribution < -0.4 is 10.2 Å². The lowest BCUT2D eigenvalue weighted by molar-refractivity contribution is -0.122. The highest BCUT2D eigenvalue weighted by Crippen LogP contribution is 2.29. The van der Waals surface area contributed by atoms with E-state index in [1.165, 1.54) is 11.3 Å². The Morgan fingerprint density at radius 1 is 1.35 bits per heavy atom. The number of carbonyl (C=O) groups is 2. The number of amides is 2. The summed E-state index contributed by atoms with van der Waals surface area (Å²) in [5.41, 5.74) is 1.97. The van der Waals surface area contributed by atoms with E-state index in [1.54, 1.807) is 4.90 Å². The minimum atomic E-state index is -0.371. The molecule has 0 bridgehead atoms. The molecular formula is C19H24N4O2S. The second kappa shape index (κ2) is 7.95. The number of carbonyl (C=O) groups excluding carboxylic acids is 2. The Balaban J connectivity index is 1.62. The third-order valence-electron chi connectivity index (χ3n) is 4.66. The average Bonchev–Trinajstić information content (AvgIpc) is 3.23. The van der Waals surface area contributed by atoms with E-state index >= 15 is 0 Å². The van der Waals surface area contributed by atoms with Crippen LogP contribution in [0.5, 0.6) is 0 Å². The van der Waals surface area contributed by atoms with Crippen LogP contribution in [-0.2, 0) is 9.59 Å². The fraction of sp³-hybridized carbons (Fsp3) is 0.474. The van der Waals surface area contributed by atoms with Gasteiger partial charge in [0, 0.05) is 24.6 Å². The van der Waals surface area contributed by atoms with Crippen LogP contribution in [0.3, 0.4) is 0 Å². The minimum Gasteiger partial charge on any atom is -0.312 e. The summed E-state index contributed by atoms with van der Waals surface area (Å²) in [5, 5.41) is 12.5. The van der Waals surface area contributed by atoms with E-state index in [2.05, 4.69) is 29.4 Å². The van der Waals surface area contributed by atoms with Gasteiger partial charge in [0.15, 0.2) is 0 Å². The molecule has 0 radical (unpaired) electrons. The maximum Gasteiger partial charge on any atom is 0.231 e. The average molecular weight is 372 g/mol. The van der Waals surface area contributed by atoms with E-state index < -0.39 is 0 Å². The molecule has 1 saturated heterocycles. The number of aryl methyl sites for hydroxylation is 1. The van der Waals surface area contributed by atoms with E-state index in [4.69, 9.17) is 0 Å². The molecule has 0 saturated carbocycles. The summed E-state index contributed by atoms with van der Waals surface area (Å²) in [5.74, 6) is -0.222. The van der Waals surface area contributed by atoms with Crippen LogP contribution in [0.25, 0.3) is 0 Å². The van der Waals surface area contributed by atoms with Crippen LogP contribution in [0.1, 0.15) is 49.6 Å². The van der Waals surface area contributed by atoms with E-state index in [0.29, 0.717) is 17.6 Å². The van der Waals surface area contributed by atoms with Crippen LogP contribution in [0, 0.1) is 12.8 Å². The molecule has 1 aliphatic heterocycles. The molecule has 1 fully saturated rings. The van der Waals surface area contributed by atoms with Gasteiger partial charge in [-0.05, 0) is 25.5 Å². The summed E-state index contributed by atoms with van der Waals surface area (Å²) in [4.78, 5) is 26.5. The van der Waals surface area contributed by atoms with Crippen LogP contribution in [-0.4, -0.2) is 28.6 Å². The second-order valence-corrected chi connectivity index (χ2v) is 7.87. The molecule has 1 aromatic heterocycles. The summed E-state index contributed by atoms with van der Waals surface area (Å²) < 4.78 is 0. The first-order valence-electron chi connectivity index (χ1n) is 8.99. The highest BCUT2D eigenvalue weighted by Gasteiger charge is 2.35. The standard InChI is InChI=1S/C19H24N4O2S/c1-4-5-13(3)18-21-22-19(26-18)20-17(25)14-10-16(24)23(11-14)15-8-6-12(2)7-9-15/h6-9,13-14H,4-5,10-11H2,1-3H3,(H,20,22,25)/t13-,14+/m0/s1. The molecule has 3 rings (SSSR count). The Bertz CT molecular complexity index is 787. The number of anilines is 2. The smallest absolute Gasteiger partial charge is 0.231 e. The molecule has 2 atom stereocenters. The molecule has 2 aromatic rings. The van der Waals surface area contributed by atoms with Gasteiger partial charge >= 0.3 is 0 Å². The van der Waals surface area contributed by atoms with Crippen molar-refractivity contribution in [3.63, 3.8) is 0 Å². The quantitative estimate of drug-likeness (QED) is 0.838. The lowest BCUT2D eigenvalue weighted by Gasteiger charge is -2.16. The highest BCUT2D eigenvalue weighted by atomic mass is 32.1. The first-order valence-corrected chi connectivity index (χ1v) is 9.81. The molecule has 2 amide bonds. The summed E-state index contributed by atoms with van der Waals surface area (Å²) in [6.07, 6.45) is 2.35. The summed E-state index contributed by atoms with van der Waals surface area (Å²) in [6.45, 7) is 6.65. The first-order chi connectivity index (χ1) is 12.5. The molecule has 0 unspecified atom stereocenters. The molecule has 1 N–H and O–H groups in total. The van der Waals surface area contributed by atoms with Gasteiger partial charge in [-0.25, -0.2) is 0 Å². The monoisotopic (exact) mass is 372 g/mol. The zero-order valence-corrected chi connectivity index (χ0v) is 16.2. The molecule has 26 heavy (non-hydrogen) atoms. The van der Waals surface area contributed by atoms with E-state index in [0.717, 1.165) is 29.1 Å². The van der Waals surface area contributed by atoms with Crippen molar-refractivity contribution < 1.29 is 9.59 Å². The van der Waals surface area contributed by atoms with Gasteiger partial charge in [-0.15, -0.1) is 10.2 Å². The summed E-state index contributed by atoms with van der Waals surface area (Å²) in [6, 6.07) is 7.77. The number of hydrogen-bond donors (Lipinski definition) is 1. The molecule has 1 aliphatic rings. The van der Waals surface area contributed by atoms with Gasteiger partial charge in [0.2, 0.25) is 16.9 Å². The van der Waals surface area contributed by atoms with Crippen LogP contribution in [0.2, 0.25) is 0 Å². The van der Waals surface area contributed by atoms with Gasteiger partial charge < -0.3 is 10.2 Å². The molecule has 138 valence electrons. The normalized spacial score (nSPS) is 18.2. The minimum absolute atomic E-state index is 0.0245. The van der Waals surface area contributed by atoms with Crippen molar-refractivity contribution in [3.05, 3.63) is 34.8 Å².